The maximum Gasteiger partial charge on any atom is 0.322 e. The Labute approximate surface area is 190 Å². The molecule has 3 heterocycles. The maximum absolute atomic E-state index is 13.6. The van der Waals surface area contributed by atoms with E-state index in [1.54, 1.807) is 27.6 Å². The van der Waals surface area contributed by atoms with Crippen molar-refractivity contribution in [3.05, 3.63) is 46.5 Å². The number of urea groups is 1. The number of benzene rings is 1. The molecule has 3 amide bonds. The molecule has 2 aromatic rings. The minimum absolute atomic E-state index is 0.130. The predicted molar refractivity (Wildman–Crippen MR) is 116 cm³/mol. The van der Waals surface area contributed by atoms with E-state index in [2.05, 4.69) is 5.32 Å². The Morgan fingerprint density at radius 3 is 2.82 bits per heavy atom. The number of anilines is 1. The molecule has 1 saturated carbocycles. The van der Waals surface area contributed by atoms with Gasteiger partial charge in [0.15, 0.2) is 0 Å². The van der Waals surface area contributed by atoms with E-state index < -0.39 is 11.8 Å². The number of fused-ring (bicyclic) bond motifs is 3. The first kappa shape index (κ1) is 21.4. The van der Waals surface area contributed by atoms with Crippen LogP contribution in [0.5, 0.6) is 0 Å². The highest BCUT2D eigenvalue weighted by Gasteiger charge is 2.49. The minimum Gasteiger partial charge on any atom is -0.393 e. The predicted octanol–water partition coefficient (Wildman–Crippen LogP) is 2.10. The van der Waals surface area contributed by atoms with Gasteiger partial charge in [0.1, 0.15) is 17.6 Å². The van der Waals surface area contributed by atoms with Gasteiger partial charge in [-0.05, 0) is 38.0 Å². The van der Waals surface area contributed by atoms with Gasteiger partial charge in [0.05, 0.1) is 23.9 Å². The van der Waals surface area contributed by atoms with Crippen molar-refractivity contribution >= 4 is 17.6 Å². The van der Waals surface area contributed by atoms with E-state index in [0.717, 1.165) is 17.3 Å². The van der Waals surface area contributed by atoms with Crippen LogP contribution < -0.4 is 5.32 Å². The molecule has 33 heavy (non-hydrogen) atoms. The van der Waals surface area contributed by atoms with E-state index in [9.17, 15) is 19.1 Å². The second-order valence-electron chi connectivity index (χ2n) is 9.57. The van der Waals surface area contributed by atoms with Crippen LogP contribution in [0.2, 0.25) is 0 Å². The summed E-state index contributed by atoms with van der Waals surface area (Å²) in [6.07, 6.45) is 1.44. The van der Waals surface area contributed by atoms with Gasteiger partial charge in [-0.25, -0.2) is 9.18 Å². The molecule has 10 heteroatoms. The summed E-state index contributed by atoms with van der Waals surface area (Å²) in [6.45, 7) is 3.26. The molecule has 1 spiro atoms. The van der Waals surface area contributed by atoms with Gasteiger partial charge in [0, 0.05) is 49.3 Å². The van der Waals surface area contributed by atoms with Crippen LogP contribution in [0, 0.1) is 22.6 Å². The molecule has 1 aliphatic carbocycles. The highest BCUT2D eigenvalue weighted by molar-refractivity contribution is 5.95. The fraction of sp³-hybridized carbons (Fsp3) is 0.478. The molecule has 0 radical (unpaired) electrons. The van der Waals surface area contributed by atoms with Crippen LogP contribution in [0.15, 0.2) is 18.2 Å². The first-order valence-electron chi connectivity index (χ1n) is 11.0. The topological polar surface area (TPSA) is 114 Å². The first-order valence-corrected chi connectivity index (χ1v) is 11.0. The summed E-state index contributed by atoms with van der Waals surface area (Å²) in [5.74, 6) is -0.775. The number of aliphatic hydroxyl groups excluding tert-OH is 1. The normalized spacial score (nSPS) is 26.2. The zero-order chi connectivity index (χ0) is 23.5. The first-order chi connectivity index (χ1) is 15.7. The molecule has 0 saturated heterocycles. The third-order valence-electron chi connectivity index (χ3n) is 7.03. The number of nitrogens with zero attached hydrogens (tertiary/aromatic N) is 5. The molecular weight excluding hydrogens is 427 g/mol. The highest BCUT2D eigenvalue weighted by atomic mass is 19.1. The standard InChI is InChI=1S/C23H25FN6O3/c1-13-5-19-17(10-29(13)22(33)26-15-3-4-18(24)14(6-15)9-25)20-21(32)28(2)11-23(7-16(31)8-23)12-30(20)27-19/h3-4,6,13,16,31H,5,7-8,10-12H2,1-2H3,(H,26,33)/t13-,16?,23?/m1/s1. The lowest BCUT2D eigenvalue weighted by Gasteiger charge is -2.45. The van der Waals surface area contributed by atoms with Crippen molar-refractivity contribution in [1.82, 2.24) is 19.6 Å². The number of rotatable bonds is 1. The van der Waals surface area contributed by atoms with Crippen molar-refractivity contribution in [3.8, 4) is 6.07 Å². The van der Waals surface area contributed by atoms with Crippen molar-refractivity contribution in [1.29, 1.82) is 5.26 Å². The Kier molecular flexibility index (Phi) is 4.90. The number of carbonyl (C=O) groups excluding carboxylic acids is 2. The van der Waals surface area contributed by atoms with Crippen molar-refractivity contribution in [3.63, 3.8) is 0 Å². The van der Waals surface area contributed by atoms with Crippen molar-refractivity contribution < 1.29 is 19.1 Å². The largest absolute Gasteiger partial charge is 0.393 e. The smallest absolute Gasteiger partial charge is 0.322 e. The van der Waals surface area contributed by atoms with Gasteiger partial charge >= 0.3 is 6.03 Å². The average Bonchev–Trinajstić information content (AvgIpc) is 3.03. The van der Waals surface area contributed by atoms with Gasteiger partial charge in [-0.3, -0.25) is 9.48 Å². The Hall–Kier alpha value is -3.45. The van der Waals surface area contributed by atoms with Crippen molar-refractivity contribution in [2.75, 3.05) is 18.9 Å². The number of nitrogens with one attached hydrogen (secondary N) is 1. The number of hydrogen-bond acceptors (Lipinski definition) is 5. The maximum atomic E-state index is 13.6. The van der Waals surface area contributed by atoms with Crippen LogP contribution in [0.3, 0.4) is 0 Å². The molecule has 1 aromatic heterocycles. The minimum atomic E-state index is -0.645. The number of aliphatic hydroxyl groups is 1. The lowest BCUT2D eigenvalue weighted by molar-refractivity contribution is -0.0530. The summed E-state index contributed by atoms with van der Waals surface area (Å²) >= 11 is 0. The highest BCUT2D eigenvalue weighted by Crippen LogP contribution is 2.45. The fourth-order valence-corrected chi connectivity index (χ4v) is 5.43. The Balaban J connectivity index is 1.42. The molecule has 172 valence electrons. The van der Waals surface area contributed by atoms with Crippen LogP contribution in [-0.4, -0.2) is 62.4 Å². The van der Waals surface area contributed by atoms with Gasteiger partial charge in [0.25, 0.3) is 5.91 Å². The molecule has 1 atom stereocenters. The Morgan fingerprint density at radius 2 is 2.12 bits per heavy atom. The molecule has 1 aromatic carbocycles. The molecule has 0 bridgehead atoms. The molecule has 2 N–H and O–H groups in total. The molecule has 1 fully saturated rings. The molecule has 3 aliphatic rings. The number of nitriles is 1. The Bertz CT molecular complexity index is 1200. The van der Waals surface area contributed by atoms with Crippen LogP contribution >= 0.6 is 0 Å². The van der Waals surface area contributed by atoms with E-state index in [-0.39, 0.29) is 35.6 Å². The summed E-state index contributed by atoms with van der Waals surface area (Å²) in [4.78, 5) is 29.6. The fourth-order valence-electron chi connectivity index (χ4n) is 5.43. The van der Waals surface area contributed by atoms with Crippen LogP contribution in [0.4, 0.5) is 14.9 Å². The number of carbonyl (C=O) groups is 2. The van der Waals surface area contributed by atoms with E-state index >= 15 is 0 Å². The number of amides is 3. The zero-order valence-corrected chi connectivity index (χ0v) is 18.5. The molecular formula is C23H25FN6O3. The van der Waals surface area contributed by atoms with E-state index in [1.165, 1.54) is 12.1 Å². The van der Waals surface area contributed by atoms with Gasteiger partial charge in [0.2, 0.25) is 0 Å². The number of hydrogen-bond donors (Lipinski definition) is 2. The van der Waals surface area contributed by atoms with Gasteiger partial charge in [-0.2, -0.15) is 10.4 Å². The SMILES string of the molecule is C[C@@H]1Cc2nn3c(c2CN1C(=O)Nc1ccc(F)c(C#N)c1)C(=O)N(C)CC1(CC(O)C1)C3. The van der Waals surface area contributed by atoms with E-state index in [1.807, 2.05) is 6.92 Å². The zero-order valence-electron chi connectivity index (χ0n) is 18.5. The molecule has 2 aliphatic heterocycles. The van der Waals surface area contributed by atoms with Crippen molar-refractivity contribution in [2.24, 2.45) is 5.41 Å². The second kappa shape index (κ2) is 7.56. The summed E-state index contributed by atoms with van der Waals surface area (Å²) in [5.41, 5.74) is 2.07. The third kappa shape index (κ3) is 3.53. The van der Waals surface area contributed by atoms with Gasteiger partial charge < -0.3 is 20.2 Å². The molecule has 5 rings (SSSR count). The van der Waals surface area contributed by atoms with Gasteiger partial charge in [-0.15, -0.1) is 0 Å². The van der Waals surface area contributed by atoms with Crippen molar-refractivity contribution in [2.45, 2.75) is 51.4 Å². The van der Waals surface area contributed by atoms with E-state index in [0.29, 0.717) is 43.7 Å². The van der Waals surface area contributed by atoms with Crippen LogP contribution in [0.25, 0.3) is 0 Å². The monoisotopic (exact) mass is 452 g/mol. The summed E-state index contributed by atoms with van der Waals surface area (Å²) < 4.78 is 15.4. The second-order valence-corrected chi connectivity index (χ2v) is 9.57. The third-order valence-corrected chi connectivity index (χ3v) is 7.03. The lowest BCUT2D eigenvalue weighted by atomic mass is 9.66. The lowest BCUT2D eigenvalue weighted by Crippen LogP contribution is -2.49. The Morgan fingerprint density at radius 1 is 1.36 bits per heavy atom. The number of halogens is 1. The van der Waals surface area contributed by atoms with Crippen LogP contribution in [0.1, 0.15) is 47.1 Å². The number of aromatic nitrogens is 2. The van der Waals surface area contributed by atoms with Crippen LogP contribution in [-0.2, 0) is 19.5 Å². The molecule has 9 nitrogen and oxygen atoms in total. The average molecular weight is 452 g/mol. The quantitative estimate of drug-likeness (QED) is 0.688. The summed E-state index contributed by atoms with van der Waals surface area (Å²) in [7, 11) is 1.76. The molecule has 0 unspecified atom stereocenters. The van der Waals surface area contributed by atoms with E-state index in [4.69, 9.17) is 10.4 Å². The van der Waals surface area contributed by atoms with Gasteiger partial charge in [-0.1, -0.05) is 0 Å². The summed E-state index contributed by atoms with van der Waals surface area (Å²) in [5, 5.41) is 26.4. The summed E-state index contributed by atoms with van der Waals surface area (Å²) in [6, 6.07) is 5.05.